The van der Waals surface area contributed by atoms with Crippen molar-refractivity contribution in [2.24, 2.45) is 0 Å². The number of nitrogens with one attached hydrogen (secondary N) is 2. The third kappa shape index (κ3) is 4.47. The minimum Gasteiger partial charge on any atom is -0.332 e. The molecule has 0 fully saturated rings. The molecule has 0 aliphatic rings. The summed E-state index contributed by atoms with van der Waals surface area (Å²) in [4.78, 5) is 16.5. The van der Waals surface area contributed by atoms with Crippen LogP contribution in [0.15, 0.2) is 53.9 Å². The van der Waals surface area contributed by atoms with E-state index in [1.54, 1.807) is 18.2 Å². The summed E-state index contributed by atoms with van der Waals surface area (Å²) >= 11 is 13.2. The number of hydrogen-bond donors (Lipinski definition) is 2. The summed E-state index contributed by atoms with van der Waals surface area (Å²) in [5.41, 5.74) is 2.27. The number of hydrogen-bond acceptors (Lipinski definition) is 4. The van der Waals surface area contributed by atoms with E-state index in [2.05, 4.69) is 15.6 Å². The molecule has 0 aliphatic carbocycles. The number of thiazole rings is 1. The second-order valence-electron chi connectivity index (χ2n) is 4.99. The third-order valence-electron chi connectivity index (χ3n) is 3.12. The first-order valence-electron chi connectivity index (χ1n) is 7.11. The fourth-order valence-corrected chi connectivity index (χ4v) is 3.06. The fraction of sp³-hybridized carbons (Fsp3) is 0.0588. The average molecular weight is 378 g/mol. The molecule has 4 nitrogen and oxygen atoms in total. The SMILES string of the molecule is O=C(Cc1csc(Nc2ccccc2)n1)Nc1ccc(Cl)c(Cl)c1. The van der Waals surface area contributed by atoms with Crippen molar-refractivity contribution in [3.05, 3.63) is 69.7 Å². The van der Waals surface area contributed by atoms with Gasteiger partial charge in [0, 0.05) is 16.8 Å². The molecule has 0 bridgehead atoms. The molecule has 3 rings (SSSR count). The molecule has 0 aliphatic heterocycles. The molecular weight excluding hydrogens is 365 g/mol. The van der Waals surface area contributed by atoms with Gasteiger partial charge < -0.3 is 10.6 Å². The highest BCUT2D eigenvalue weighted by molar-refractivity contribution is 7.13. The number of nitrogens with zero attached hydrogens (tertiary/aromatic N) is 1. The summed E-state index contributed by atoms with van der Waals surface area (Å²) in [6.07, 6.45) is 0.188. The van der Waals surface area contributed by atoms with Crippen LogP contribution in [0.2, 0.25) is 10.0 Å². The van der Waals surface area contributed by atoms with Crippen molar-refractivity contribution in [1.29, 1.82) is 0 Å². The van der Waals surface area contributed by atoms with Crippen LogP contribution in [0.1, 0.15) is 5.69 Å². The lowest BCUT2D eigenvalue weighted by atomic mass is 10.3. The first-order chi connectivity index (χ1) is 11.6. The number of carbonyl (C=O) groups excluding carboxylic acids is 1. The van der Waals surface area contributed by atoms with Gasteiger partial charge in [0.15, 0.2) is 5.13 Å². The van der Waals surface area contributed by atoms with Gasteiger partial charge in [0.1, 0.15) is 0 Å². The predicted octanol–water partition coefficient (Wildman–Crippen LogP) is 5.37. The molecule has 24 heavy (non-hydrogen) atoms. The Bertz CT molecular complexity index is 852. The molecule has 2 aromatic carbocycles. The zero-order valence-electron chi connectivity index (χ0n) is 12.4. The number of amides is 1. The van der Waals surface area contributed by atoms with Gasteiger partial charge in [0.05, 0.1) is 22.2 Å². The number of benzene rings is 2. The maximum Gasteiger partial charge on any atom is 0.230 e. The second-order valence-corrected chi connectivity index (χ2v) is 6.66. The monoisotopic (exact) mass is 377 g/mol. The van der Waals surface area contributed by atoms with E-state index in [0.717, 1.165) is 10.8 Å². The predicted molar refractivity (Wildman–Crippen MR) is 101 cm³/mol. The van der Waals surface area contributed by atoms with Crippen LogP contribution in [0, 0.1) is 0 Å². The first-order valence-corrected chi connectivity index (χ1v) is 8.75. The maximum atomic E-state index is 12.1. The van der Waals surface area contributed by atoms with Gasteiger partial charge in [0.2, 0.25) is 5.91 Å². The number of aromatic nitrogens is 1. The molecule has 0 atom stereocenters. The van der Waals surface area contributed by atoms with E-state index in [4.69, 9.17) is 23.2 Å². The Morgan fingerprint density at radius 1 is 1.04 bits per heavy atom. The van der Waals surface area contributed by atoms with Crippen LogP contribution in [0.5, 0.6) is 0 Å². The van der Waals surface area contributed by atoms with Crippen LogP contribution in [0.25, 0.3) is 0 Å². The van der Waals surface area contributed by atoms with Gasteiger partial charge in [-0.05, 0) is 30.3 Å². The second kappa shape index (κ2) is 7.66. The van der Waals surface area contributed by atoms with Crippen molar-refractivity contribution >= 4 is 57.0 Å². The van der Waals surface area contributed by atoms with E-state index in [-0.39, 0.29) is 12.3 Å². The molecule has 2 N–H and O–H groups in total. The van der Waals surface area contributed by atoms with E-state index >= 15 is 0 Å². The average Bonchev–Trinajstić information content (AvgIpc) is 2.99. The number of para-hydroxylation sites is 1. The Balaban J connectivity index is 1.59. The van der Waals surface area contributed by atoms with Crippen molar-refractivity contribution in [3.8, 4) is 0 Å². The van der Waals surface area contributed by atoms with Crippen LogP contribution in [0.3, 0.4) is 0 Å². The summed E-state index contributed by atoms with van der Waals surface area (Å²) in [7, 11) is 0. The fourth-order valence-electron chi connectivity index (χ4n) is 2.03. The Kier molecular flexibility index (Phi) is 5.35. The zero-order valence-corrected chi connectivity index (χ0v) is 14.8. The number of rotatable bonds is 5. The van der Waals surface area contributed by atoms with Crippen molar-refractivity contribution < 1.29 is 4.79 Å². The van der Waals surface area contributed by atoms with Crippen molar-refractivity contribution in [2.75, 3.05) is 10.6 Å². The largest absolute Gasteiger partial charge is 0.332 e. The van der Waals surface area contributed by atoms with Gasteiger partial charge in [-0.2, -0.15) is 0 Å². The Morgan fingerprint density at radius 2 is 1.83 bits per heavy atom. The van der Waals surface area contributed by atoms with Crippen LogP contribution in [-0.2, 0) is 11.2 Å². The van der Waals surface area contributed by atoms with Gasteiger partial charge in [0.25, 0.3) is 0 Å². The summed E-state index contributed by atoms with van der Waals surface area (Å²) in [6, 6.07) is 14.7. The van der Waals surface area contributed by atoms with Gasteiger partial charge in [-0.15, -0.1) is 11.3 Å². The lowest BCUT2D eigenvalue weighted by Gasteiger charge is -2.05. The van der Waals surface area contributed by atoms with Crippen LogP contribution in [0.4, 0.5) is 16.5 Å². The maximum absolute atomic E-state index is 12.1. The van der Waals surface area contributed by atoms with E-state index < -0.39 is 0 Å². The van der Waals surface area contributed by atoms with Crippen LogP contribution >= 0.6 is 34.5 Å². The van der Waals surface area contributed by atoms with E-state index in [9.17, 15) is 4.79 Å². The number of carbonyl (C=O) groups is 1. The minimum absolute atomic E-state index is 0.162. The quantitative estimate of drug-likeness (QED) is 0.627. The van der Waals surface area contributed by atoms with Crippen molar-refractivity contribution in [1.82, 2.24) is 4.98 Å². The van der Waals surface area contributed by atoms with E-state index in [1.165, 1.54) is 11.3 Å². The highest BCUT2D eigenvalue weighted by Gasteiger charge is 2.09. The van der Waals surface area contributed by atoms with Gasteiger partial charge in [-0.1, -0.05) is 41.4 Å². The molecule has 0 saturated carbocycles. The topological polar surface area (TPSA) is 54.0 Å². The number of halogens is 2. The molecule has 122 valence electrons. The molecule has 0 radical (unpaired) electrons. The molecule has 7 heteroatoms. The Morgan fingerprint density at radius 3 is 2.58 bits per heavy atom. The van der Waals surface area contributed by atoms with E-state index in [0.29, 0.717) is 21.4 Å². The van der Waals surface area contributed by atoms with Crippen LogP contribution in [-0.4, -0.2) is 10.9 Å². The summed E-state index contributed by atoms with van der Waals surface area (Å²) in [5.74, 6) is -0.162. The highest BCUT2D eigenvalue weighted by atomic mass is 35.5. The molecule has 0 spiro atoms. The Hall–Kier alpha value is -2.08. The zero-order chi connectivity index (χ0) is 16.9. The standard InChI is InChI=1S/C17H13Cl2N3OS/c18-14-7-6-12(8-15(14)19)20-16(23)9-13-10-24-17(22-13)21-11-4-2-1-3-5-11/h1-8,10H,9H2,(H,20,23)(H,21,22). The molecular formula is C17H13Cl2N3OS. The molecule has 1 amide bonds. The summed E-state index contributed by atoms with van der Waals surface area (Å²) in [6.45, 7) is 0. The van der Waals surface area contributed by atoms with Gasteiger partial charge in [-0.25, -0.2) is 4.98 Å². The molecule has 0 saturated heterocycles. The molecule has 0 unspecified atom stereocenters. The third-order valence-corrected chi connectivity index (χ3v) is 4.67. The van der Waals surface area contributed by atoms with E-state index in [1.807, 2.05) is 35.7 Å². The van der Waals surface area contributed by atoms with Gasteiger partial charge in [-0.3, -0.25) is 4.79 Å². The molecule has 1 aromatic heterocycles. The summed E-state index contributed by atoms with van der Waals surface area (Å²) < 4.78 is 0. The Labute approximate surface area is 153 Å². The minimum atomic E-state index is -0.162. The molecule has 3 aromatic rings. The van der Waals surface area contributed by atoms with Crippen molar-refractivity contribution in [2.45, 2.75) is 6.42 Å². The van der Waals surface area contributed by atoms with Crippen LogP contribution < -0.4 is 10.6 Å². The van der Waals surface area contributed by atoms with Crippen molar-refractivity contribution in [3.63, 3.8) is 0 Å². The van der Waals surface area contributed by atoms with Gasteiger partial charge >= 0.3 is 0 Å². The first kappa shape index (κ1) is 16.8. The lowest BCUT2D eigenvalue weighted by Crippen LogP contribution is -2.14. The lowest BCUT2D eigenvalue weighted by molar-refractivity contribution is -0.115. The smallest absolute Gasteiger partial charge is 0.230 e. The summed E-state index contributed by atoms with van der Waals surface area (Å²) in [5, 5.41) is 9.44. The number of anilines is 3. The normalized spacial score (nSPS) is 10.4. The molecule has 1 heterocycles. The highest BCUT2D eigenvalue weighted by Crippen LogP contribution is 2.25.